The molecule has 14 heteroatoms. The summed E-state index contributed by atoms with van der Waals surface area (Å²) in [6, 6.07) is 8.78. The number of β-amino-alcohol motifs (C(OH)–C–C–N with tert-alkyl or cyclic N) is 1. The standard InChI is InChI=1S/C36H49N7O6S/c1-22(2)32(30-17-31(39-49-30)41-14-12-40(13-15-41)18-25-6-5-11-42(19-25)36(47)48)35(46)43-20-28(44)16-29(43)34(45)38-23(3)26-7-9-27(10-8-26)33-24(4)37-21-50-33/h7-10,17,21-23,25,28-29,32,44H,5-6,11-16,18-20H2,1-4H3,(H,38,45)(H,47,48)/t23?,25-,28+,29-,32?/m0/s1. The number of likely N-dealkylation sites (tertiary alicyclic amines) is 2. The van der Waals surface area contributed by atoms with Crippen LogP contribution >= 0.6 is 11.3 Å². The zero-order valence-electron chi connectivity index (χ0n) is 29.3. The number of amides is 3. The van der Waals surface area contributed by atoms with Gasteiger partial charge >= 0.3 is 6.09 Å². The second kappa shape index (κ2) is 15.5. The first-order chi connectivity index (χ1) is 24.0. The third-order valence-electron chi connectivity index (χ3n) is 10.4. The molecule has 0 saturated carbocycles. The molecule has 5 atom stereocenters. The molecule has 0 radical (unpaired) electrons. The number of nitrogens with one attached hydrogen (secondary N) is 1. The number of carbonyl (C=O) groups is 3. The number of aryl methyl sites for hydroxylation is 1. The Morgan fingerprint density at radius 2 is 1.80 bits per heavy atom. The lowest BCUT2D eigenvalue weighted by atomic mass is 9.91. The van der Waals surface area contributed by atoms with E-state index < -0.39 is 24.2 Å². The SMILES string of the molecule is Cc1ncsc1-c1ccc(C(C)NC(=O)[C@@H]2C[C@@H](O)CN2C(=O)C(c2cc(N3CCN(C[C@@H]4CCCN(C(=O)O)C4)CC3)no2)C(C)C)cc1. The van der Waals surface area contributed by atoms with Crippen LogP contribution in [0.15, 0.2) is 40.4 Å². The first-order valence-electron chi connectivity index (χ1n) is 17.7. The van der Waals surface area contributed by atoms with Crippen molar-refractivity contribution < 1.29 is 29.1 Å². The van der Waals surface area contributed by atoms with Crippen molar-refractivity contribution in [2.75, 3.05) is 57.3 Å². The minimum Gasteiger partial charge on any atom is -0.465 e. The van der Waals surface area contributed by atoms with Gasteiger partial charge in [0, 0.05) is 64.8 Å². The molecule has 2 aromatic heterocycles. The van der Waals surface area contributed by atoms with Gasteiger partial charge in [0.05, 0.1) is 28.2 Å². The zero-order valence-corrected chi connectivity index (χ0v) is 30.1. The minimum absolute atomic E-state index is 0.0750. The Balaban J connectivity index is 1.06. The van der Waals surface area contributed by atoms with Crippen LogP contribution in [-0.4, -0.2) is 117 Å². The van der Waals surface area contributed by atoms with Gasteiger partial charge in [0.1, 0.15) is 12.0 Å². The van der Waals surface area contributed by atoms with Gasteiger partial charge in [-0.2, -0.15) is 0 Å². The van der Waals surface area contributed by atoms with Crippen molar-refractivity contribution in [3.05, 3.63) is 52.9 Å². The van der Waals surface area contributed by atoms with Crippen molar-refractivity contribution in [2.45, 2.75) is 71.1 Å². The molecule has 0 spiro atoms. The lowest BCUT2D eigenvalue weighted by Gasteiger charge is -2.38. The average Bonchev–Trinajstić information content (AvgIpc) is 3.85. The third-order valence-corrected chi connectivity index (χ3v) is 11.4. The monoisotopic (exact) mass is 707 g/mol. The number of carbonyl (C=O) groups excluding carboxylic acids is 2. The molecule has 3 aliphatic heterocycles. The van der Waals surface area contributed by atoms with Gasteiger partial charge in [0.25, 0.3) is 0 Å². The van der Waals surface area contributed by atoms with E-state index in [-0.39, 0.29) is 36.7 Å². The summed E-state index contributed by atoms with van der Waals surface area (Å²) >= 11 is 1.59. The van der Waals surface area contributed by atoms with Crippen LogP contribution in [0.3, 0.4) is 0 Å². The van der Waals surface area contributed by atoms with Gasteiger partial charge in [-0.3, -0.25) is 14.5 Å². The molecule has 3 aromatic rings. The lowest BCUT2D eigenvalue weighted by Crippen LogP contribution is -2.50. The molecular formula is C36H49N7O6S. The Morgan fingerprint density at radius 1 is 1.06 bits per heavy atom. The highest BCUT2D eigenvalue weighted by atomic mass is 32.1. The van der Waals surface area contributed by atoms with Crippen LogP contribution < -0.4 is 10.2 Å². The van der Waals surface area contributed by atoms with Gasteiger partial charge in [0.2, 0.25) is 11.8 Å². The van der Waals surface area contributed by atoms with E-state index >= 15 is 0 Å². The van der Waals surface area contributed by atoms with Gasteiger partial charge in [-0.25, -0.2) is 9.78 Å². The Labute approximate surface area is 297 Å². The van der Waals surface area contributed by atoms with E-state index in [0.717, 1.165) is 67.3 Å². The average molecular weight is 708 g/mol. The molecule has 2 unspecified atom stereocenters. The molecule has 3 aliphatic rings. The highest BCUT2D eigenvalue weighted by Gasteiger charge is 2.43. The van der Waals surface area contributed by atoms with E-state index in [1.165, 1.54) is 9.80 Å². The molecule has 0 aliphatic carbocycles. The molecule has 3 saturated heterocycles. The Hall–Kier alpha value is -4.01. The van der Waals surface area contributed by atoms with Crippen molar-refractivity contribution in [3.8, 4) is 10.4 Å². The summed E-state index contributed by atoms with van der Waals surface area (Å²) in [7, 11) is 0. The van der Waals surface area contributed by atoms with Crippen LogP contribution in [0.4, 0.5) is 10.6 Å². The Morgan fingerprint density at radius 3 is 2.46 bits per heavy atom. The topological polar surface area (TPSA) is 156 Å². The number of anilines is 1. The molecule has 50 heavy (non-hydrogen) atoms. The first kappa shape index (κ1) is 35.8. The fourth-order valence-corrected chi connectivity index (χ4v) is 8.41. The second-order valence-corrected chi connectivity index (χ2v) is 15.2. The molecule has 5 heterocycles. The number of rotatable bonds is 10. The van der Waals surface area contributed by atoms with E-state index in [0.29, 0.717) is 30.6 Å². The van der Waals surface area contributed by atoms with E-state index in [1.807, 2.05) is 63.5 Å². The van der Waals surface area contributed by atoms with Crippen LogP contribution in [0.1, 0.15) is 69.0 Å². The van der Waals surface area contributed by atoms with E-state index in [9.17, 15) is 24.6 Å². The van der Waals surface area contributed by atoms with Crippen LogP contribution in [0, 0.1) is 18.8 Å². The summed E-state index contributed by atoms with van der Waals surface area (Å²) in [6.45, 7) is 13.1. The Kier molecular flexibility index (Phi) is 11.1. The van der Waals surface area contributed by atoms with Crippen LogP contribution in [0.5, 0.6) is 0 Å². The van der Waals surface area contributed by atoms with Crippen LogP contribution in [0.2, 0.25) is 0 Å². The summed E-state index contributed by atoms with van der Waals surface area (Å²) in [4.78, 5) is 52.2. The number of hydrogen-bond donors (Lipinski definition) is 3. The second-order valence-electron chi connectivity index (χ2n) is 14.3. The predicted molar refractivity (Wildman–Crippen MR) is 190 cm³/mol. The summed E-state index contributed by atoms with van der Waals surface area (Å²) in [5.41, 5.74) is 4.83. The number of piperazine rings is 1. The summed E-state index contributed by atoms with van der Waals surface area (Å²) in [5, 5.41) is 27.4. The number of carboxylic acid groups (broad SMARTS) is 1. The van der Waals surface area contributed by atoms with Gasteiger partial charge in [-0.05, 0) is 49.7 Å². The van der Waals surface area contributed by atoms with Gasteiger partial charge in [-0.15, -0.1) is 11.3 Å². The predicted octanol–water partition coefficient (Wildman–Crippen LogP) is 4.20. The van der Waals surface area contributed by atoms with Crippen LogP contribution in [0.25, 0.3) is 10.4 Å². The van der Waals surface area contributed by atoms with Crippen molar-refractivity contribution in [1.82, 2.24) is 30.2 Å². The zero-order chi connectivity index (χ0) is 35.5. The van der Waals surface area contributed by atoms with E-state index in [4.69, 9.17) is 4.52 Å². The van der Waals surface area contributed by atoms with Gasteiger partial charge < -0.3 is 34.8 Å². The molecule has 3 N–H and O–H groups in total. The minimum atomic E-state index is -0.839. The first-order valence-corrected chi connectivity index (χ1v) is 18.6. The lowest BCUT2D eigenvalue weighted by molar-refractivity contribution is -0.141. The van der Waals surface area contributed by atoms with Gasteiger partial charge in [0.15, 0.2) is 11.6 Å². The quantitative estimate of drug-likeness (QED) is 0.279. The van der Waals surface area contributed by atoms with Crippen LogP contribution in [-0.2, 0) is 9.59 Å². The number of aromatic nitrogens is 2. The highest BCUT2D eigenvalue weighted by molar-refractivity contribution is 7.13. The smallest absolute Gasteiger partial charge is 0.407 e. The molecule has 3 amide bonds. The highest BCUT2D eigenvalue weighted by Crippen LogP contribution is 2.34. The molecular weight excluding hydrogens is 659 g/mol. The molecule has 13 nitrogen and oxygen atoms in total. The van der Waals surface area contributed by atoms with E-state index in [1.54, 1.807) is 11.3 Å². The largest absolute Gasteiger partial charge is 0.465 e. The fourth-order valence-electron chi connectivity index (χ4n) is 7.60. The van der Waals surface area contributed by atoms with Crippen molar-refractivity contribution in [3.63, 3.8) is 0 Å². The maximum Gasteiger partial charge on any atom is 0.407 e. The van der Waals surface area contributed by atoms with Crippen molar-refractivity contribution in [2.24, 2.45) is 11.8 Å². The number of aliphatic hydroxyl groups excluding tert-OH is 1. The maximum absolute atomic E-state index is 14.1. The fraction of sp³-hybridized carbons (Fsp3) is 0.583. The molecule has 3 fully saturated rings. The molecule has 270 valence electrons. The number of nitrogens with zero attached hydrogens (tertiary/aromatic N) is 6. The number of thiazole rings is 1. The maximum atomic E-state index is 14.1. The molecule has 0 bridgehead atoms. The molecule has 1 aromatic carbocycles. The summed E-state index contributed by atoms with van der Waals surface area (Å²) in [6.07, 6.45) is 0.466. The summed E-state index contributed by atoms with van der Waals surface area (Å²) in [5.74, 6) is 0.101. The summed E-state index contributed by atoms with van der Waals surface area (Å²) < 4.78 is 5.81. The van der Waals surface area contributed by atoms with Crippen molar-refractivity contribution in [1.29, 1.82) is 0 Å². The Bertz CT molecular complexity index is 1640. The molecule has 6 rings (SSSR count). The normalized spacial score (nSPS) is 22.9. The number of aliphatic hydroxyl groups is 1. The number of benzene rings is 1. The van der Waals surface area contributed by atoms with Crippen molar-refractivity contribution >= 4 is 35.1 Å². The third kappa shape index (κ3) is 7.97. The van der Waals surface area contributed by atoms with E-state index in [2.05, 4.69) is 25.3 Å². The number of hydrogen-bond acceptors (Lipinski definition) is 10. The van der Waals surface area contributed by atoms with Gasteiger partial charge in [-0.1, -0.05) is 43.3 Å². The number of piperidine rings is 1.